The van der Waals surface area contributed by atoms with Gasteiger partial charge >= 0.3 is 0 Å². The average molecular weight is 868 g/mol. The zero-order valence-electron chi connectivity index (χ0n) is 36.9. The lowest BCUT2D eigenvalue weighted by Crippen LogP contribution is -2.00. The van der Waals surface area contributed by atoms with E-state index in [9.17, 15) is 0 Å². The van der Waals surface area contributed by atoms with Gasteiger partial charge in [0.2, 0.25) is 0 Å². The number of benzene rings is 8. The Hall–Kier alpha value is -9.19. The van der Waals surface area contributed by atoms with Crippen molar-refractivity contribution in [1.82, 2.24) is 24.1 Å². The molecule has 0 radical (unpaired) electrons. The number of rotatable bonds is 8. The maximum atomic E-state index is 5.10. The maximum absolute atomic E-state index is 5.10. The molecule has 0 amide bonds. The number of para-hydroxylation sites is 2. The molecular weight excluding hydrogens is 827 g/mol. The van der Waals surface area contributed by atoms with Crippen LogP contribution in [0.15, 0.2) is 249 Å². The zero-order valence-corrected chi connectivity index (χ0v) is 36.9. The Labute approximate surface area is 393 Å². The highest BCUT2D eigenvalue weighted by atomic mass is 15.0. The molecule has 318 valence electrons. The van der Waals surface area contributed by atoms with E-state index in [0.29, 0.717) is 0 Å². The minimum atomic E-state index is 0.891. The van der Waals surface area contributed by atoms with Crippen LogP contribution in [-0.2, 0) is 0 Å². The number of hydrogen-bond donors (Lipinski definition) is 0. The van der Waals surface area contributed by atoms with Crippen LogP contribution in [0.1, 0.15) is 0 Å². The van der Waals surface area contributed by atoms with E-state index in [1.807, 2.05) is 49.1 Å². The van der Waals surface area contributed by atoms with Gasteiger partial charge in [0.15, 0.2) is 0 Å². The Bertz CT molecular complexity index is 3750. The second kappa shape index (κ2) is 16.4. The van der Waals surface area contributed by atoms with Crippen LogP contribution < -0.4 is 0 Å². The van der Waals surface area contributed by atoms with Crippen LogP contribution >= 0.6 is 0 Å². The summed E-state index contributed by atoms with van der Waals surface area (Å²) < 4.78 is 4.89. The number of aromatic nitrogens is 5. The van der Waals surface area contributed by atoms with Crippen molar-refractivity contribution in [3.8, 4) is 78.4 Å². The van der Waals surface area contributed by atoms with Crippen LogP contribution in [0.5, 0.6) is 0 Å². The van der Waals surface area contributed by atoms with Crippen molar-refractivity contribution in [2.24, 2.45) is 0 Å². The van der Waals surface area contributed by atoms with Crippen LogP contribution in [0, 0.1) is 0 Å². The van der Waals surface area contributed by atoms with Gasteiger partial charge in [-0.15, -0.1) is 0 Å². The molecule has 68 heavy (non-hydrogen) atoms. The fraction of sp³-hybridized carbons (Fsp3) is 0. The van der Waals surface area contributed by atoms with E-state index in [4.69, 9.17) is 4.98 Å². The molecule has 0 aliphatic heterocycles. The number of hydrogen-bond acceptors (Lipinski definition) is 3. The molecule has 0 bridgehead atoms. The van der Waals surface area contributed by atoms with E-state index < -0.39 is 0 Å². The first-order valence-electron chi connectivity index (χ1n) is 23.0. The lowest BCUT2D eigenvalue weighted by Gasteiger charge is -2.16. The number of pyridine rings is 3. The van der Waals surface area contributed by atoms with Gasteiger partial charge in [0.05, 0.1) is 33.5 Å². The van der Waals surface area contributed by atoms with E-state index >= 15 is 0 Å². The highest BCUT2D eigenvalue weighted by molar-refractivity contribution is 6.12. The Morgan fingerprint density at radius 1 is 0.235 bits per heavy atom. The SMILES string of the molecule is c1ccc(-c2ccc3c(c2)c2ccccc2n3-c2cc(-c3ccc(-c4cc(-c5ccncc5)nc(-c5ccncc5)c4)cc3)cc(-n3c4ccccc4c4cc(-c5ccccc5)ccc43)c2)cc1. The summed E-state index contributed by atoms with van der Waals surface area (Å²) >= 11 is 0. The van der Waals surface area contributed by atoms with E-state index in [1.165, 1.54) is 43.8 Å². The molecule has 0 saturated carbocycles. The fourth-order valence-corrected chi connectivity index (χ4v) is 10.0. The van der Waals surface area contributed by atoms with Gasteiger partial charge in [0.1, 0.15) is 0 Å². The molecule has 0 aliphatic carbocycles. The summed E-state index contributed by atoms with van der Waals surface area (Å²) in [5, 5.41) is 4.88. The molecule has 5 aromatic heterocycles. The molecule has 13 aromatic rings. The Balaban J connectivity index is 1.01. The molecule has 5 heteroatoms. The quantitative estimate of drug-likeness (QED) is 0.153. The zero-order chi connectivity index (χ0) is 45.0. The first-order chi connectivity index (χ1) is 33.7. The second-order valence-electron chi connectivity index (χ2n) is 17.3. The van der Waals surface area contributed by atoms with Crippen LogP contribution in [0.3, 0.4) is 0 Å². The second-order valence-corrected chi connectivity index (χ2v) is 17.3. The summed E-state index contributed by atoms with van der Waals surface area (Å²) in [4.78, 5) is 13.6. The van der Waals surface area contributed by atoms with Crippen molar-refractivity contribution in [2.45, 2.75) is 0 Å². The topological polar surface area (TPSA) is 48.5 Å². The fourth-order valence-electron chi connectivity index (χ4n) is 10.0. The normalized spacial score (nSPS) is 11.5. The van der Waals surface area contributed by atoms with Gasteiger partial charge in [-0.3, -0.25) is 9.97 Å². The number of fused-ring (bicyclic) bond motifs is 6. The minimum absolute atomic E-state index is 0.891. The van der Waals surface area contributed by atoms with E-state index in [0.717, 1.165) is 78.2 Å². The number of nitrogens with zero attached hydrogens (tertiary/aromatic N) is 5. The van der Waals surface area contributed by atoms with E-state index in [-0.39, 0.29) is 0 Å². The summed E-state index contributed by atoms with van der Waals surface area (Å²) in [5.74, 6) is 0. The summed E-state index contributed by atoms with van der Waals surface area (Å²) in [6.07, 6.45) is 7.26. The molecule has 0 saturated heterocycles. The molecule has 0 atom stereocenters. The van der Waals surface area contributed by atoms with Crippen LogP contribution in [-0.4, -0.2) is 24.1 Å². The molecule has 0 aliphatic rings. The van der Waals surface area contributed by atoms with Crippen molar-refractivity contribution in [1.29, 1.82) is 0 Å². The molecule has 5 heterocycles. The molecule has 0 spiro atoms. The van der Waals surface area contributed by atoms with Crippen molar-refractivity contribution in [3.63, 3.8) is 0 Å². The predicted molar refractivity (Wildman–Crippen MR) is 281 cm³/mol. The lowest BCUT2D eigenvalue weighted by atomic mass is 9.97. The minimum Gasteiger partial charge on any atom is -0.309 e. The average Bonchev–Trinajstić information content (AvgIpc) is 3.94. The van der Waals surface area contributed by atoms with Gasteiger partial charge in [-0.05, 0) is 136 Å². The summed E-state index contributed by atoms with van der Waals surface area (Å²) in [7, 11) is 0. The smallest absolute Gasteiger partial charge is 0.0716 e. The first-order valence-corrected chi connectivity index (χ1v) is 23.0. The van der Waals surface area contributed by atoms with Crippen molar-refractivity contribution in [2.75, 3.05) is 0 Å². The summed E-state index contributed by atoms with van der Waals surface area (Å²) in [6.45, 7) is 0. The Kier molecular flexibility index (Phi) is 9.43. The van der Waals surface area contributed by atoms with Gasteiger partial charge < -0.3 is 9.13 Å². The Morgan fingerprint density at radius 3 is 1.06 bits per heavy atom. The monoisotopic (exact) mass is 867 g/mol. The molecule has 5 nitrogen and oxygen atoms in total. The molecule has 0 unspecified atom stereocenters. The van der Waals surface area contributed by atoms with Gasteiger partial charge in [0.25, 0.3) is 0 Å². The van der Waals surface area contributed by atoms with Crippen molar-refractivity contribution >= 4 is 43.6 Å². The third kappa shape index (κ3) is 6.84. The molecule has 0 N–H and O–H groups in total. The third-order valence-corrected chi connectivity index (χ3v) is 13.3. The highest BCUT2D eigenvalue weighted by Gasteiger charge is 2.19. The van der Waals surface area contributed by atoms with Gasteiger partial charge in [-0.25, -0.2) is 4.98 Å². The summed E-state index contributed by atoms with van der Waals surface area (Å²) in [6, 6.07) is 81.2. The van der Waals surface area contributed by atoms with Crippen molar-refractivity contribution < 1.29 is 0 Å². The lowest BCUT2D eigenvalue weighted by molar-refractivity contribution is 1.13. The van der Waals surface area contributed by atoms with Crippen LogP contribution in [0.25, 0.3) is 122 Å². The first kappa shape index (κ1) is 39.2. The predicted octanol–water partition coefficient (Wildman–Crippen LogP) is 16.1. The van der Waals surface area contributed by atoms with Gasteiger partial charge in [0, 0.05) is 68.8 Å². The van der Waals surface area contributed by atoms with Crippen LogP contribution in [0.4, 0.5) is 0 Å². The van der Waals surface area contributed by atoms with Crippen LogP contribution in [0.2, 0.25) is 0 Å². The third-order valence-electron chi connectivity index (χ3n) is 13.3. The van der Waals surface area contributed by atoms with E-state index in [1.54, 1.807) is 0 Å². The molecule has 8 aromatic carbocycles. The van der Waals surface area contributed by atoms with E-state index in [2.05, 4.69) is 219 Å². The Morgan fingerprint density at radius 2 is 0.603 bits per heavy atom. The standard InChI is InChI=1S/C63H41N5/c1-3-11-42(12-4-1)48-23-25-62-56(37-48)54-15-7-9-17-60(54)67(62)52-35-50(36-53(41-52)68-61-18-10-8-16-55(61)57-38-49(24-26-63(57)68)43-13-5-2-6-14-43)44-19-21-45(22-20-44)51-39-58(46-27-31-64-32-28-46)66-59(40-51)47-29-33-65-34-30-47/h1-41H. The summed E-state index contributed by atoms with van der Waals surface area (Å²) in [5.41, 5.74) is 19.9. The van der Waals surface area contributed by atoms with Gasteiger partial charge in [-0.1, -0.05) is 133 Å². The highest BCUT2D eigenvalue weighted by Crippen LogP contribution is 2.40. The molecule has 13 rings (SSSR count). The largest absolute Gasteiger partial charge is 0.309 e. The molecular formula is C63H41N5. The van der Waals surface area contributed by atoms with Gasteiger partial charge in [-0.2, -0.15) is 0 Å². The molecule has 0 fully saturated rings. The maximum Gasteiger partial charge on any atom is 0.0716 e. The van der Waals surface area contributed by atoms with Crippen molar-refractivity contribution in [3.05, 3.63) is 249 Å².